The van der Waals surface area contributed by atoms with Crippen LogP contribution in [0.5, 0.6) is 0 Å². The number of carboxylic acids is 1. The highest BCUT2D eigenvalue weighted by atomic mass is 16.6. The molecule has 196 valence electrons. The summed E-state index contributed by atoms with van der Waals surface area (Å²) in [6.45, 7) is 6.18. The third kappa shape index (κ3) is 3.82. The largest absolute Gasteiger partial charge is 0.479 e. The van der Waals surface area contributed by atoms with E-state index in [1.807, 2.05) is 0 Å². The van der Waals surface area contributed by atoms with Crippen molar-refractivity contribution in [3.63, 3.8) is 0 Å². The van der Waals surface area contributed by atoms with Gasteiger partial charge in [0.25, 0.3) is 0 Å². The number of ether oxygens (including phenoxy) is 2. The number of aliphatic hydroxyl groups is 3. The lowest BCUT2D eigenvalue weighted by Crippen LogP contribution is -2.59. The van der Waals surface area contributed by atoms with Crippen LogP contribution >= 0.6 is 0 Å². The minimum absolute atomic E-state index is 0.0686. The van der Waals surface area contributed by atoms with Gasteiger partial charge in [-0.05, 0) is 86.0 Å². The molecule has 0 radical (unpaired) electrons. The van der Waals surface area contributed by atoms with Gasteiger partial charge < -0.3 is 29.9 Å². The van der Waals surface area contributed by atoms with Gasteiger partial charge in [0.2, 0.25) is 0 Å². The van der Waals surface area contributed by atoms with Crippen molar-refractivity contribution in [2.75, 3.05) is 6.61 Å². The molecule has 0 spiro atoms. The SMILES string of the molecule is CC(=O)[C@H]1CC[C@H]2[C@@H]3CC=C4C(O[C@H]5CO[C@H](C(=O)O)[C@@H](O)[C@@H]5O)[C@@H](O)CC[C@]4(C)[C@H]3CC[C@]12C. The highest BCUT2D eigenvalue weighted by Gasteiger charge is 2.61. The molecule has 12 atom stereocenters. The van der Waals surface area contributed by atoms with E-state index in [0.717, 1.165) is 44.1 Å². The van der Waals surface area contributed by atoms with E-state index < -0.39 is 42.6 Å². The zero-order valence-electron chi connectivity index (χ0n) is 20.9. The van der Waals surface area contributed by atoms with Crippen LogP contribution < -0.4 is 0 Å². The number of carboxylic acid groups (broad SMARTS) is 1. The van der Waals surface area contributed by atoms with Crippen molar-refractivity contribution in [2.24, 2.45) is 34.5 Å². The summed E-state index contributed by atoms with van der Waals surface area (Å²) in [4.78, 5) is 23.7. The normalized spacial score (nSPS) is 51.5. The molecule has 0 amide bonds. The van der Waals surface area contributed by atoms with Crippen LogP contribution in [0.4, 0.5) is 0 Å². The lowest BCUT2D eigenvalue weighted by molar-refractivity contribution is -0.227. The lowest BCUT2D eigenvalue weighted by atomic mass is 9.47. The van der Waals surface area contributed by atoms with E-state index in [1.165, 1.54) is 0 Å². The summed E-state index contributed by atoms with van der Waals surface area (Å²) < 4.78 is 11.5. The van der Waals surface area contributed by atoms with Gasteiger partial charge in [0.15, 0.2) is 6.10 Å². The van der Waals surface area contributed by atoms with Gasteiger partial charge in [0, 0.05) is 5.92 Å². The average molecular weight is 493 g/mol. The number of Topliss-reactive ketones (excluding diaryl/α,β-unsaturated/α-hetero) is 1. The average Bonchev–Trinajstić information content (AvgIpc) is 3.16. The van der Waals surface area contributed by atoms with Crippen LogP contribution in [0.3, 0.4) is 0 Å². The van der Waals surface area contributed by atoms with E-state index >= 15 is 0 Å². The minimum atomic E-state index is -1.60. The second-order valence-electron chi connectivity index (χ2n) is 12.2. The monoisotopic (exact) mass is 492 g/mol. The number of carbonyl (C=O) groups is 2. The van der Waals surface area contributed by atoms with E-state index in [9.17, 15) is 30.0 Å². The molecule has 8 nitrogen and oxygen atoms in total. The number of aliphatic hydroxyl groups excluding tert-OH is 3. The van der Waals surface area contributed by atoms with E-state index in [2.05, 4.69) is 19.9 Å². The van der Waals surface area contributed by atoms with Crippen molar-refractivity contribution in [3.8, 4) is 0 Å². The van der Waals surface area contributed by atoms with E-state index in [1.54, 1.807) is 6.92 Å². The van der Waals surface area contributed by atoms with Crippen LogP contribution in [-0.2, 0) is 19.1 Å². The second-order valence-corrected chi connectivity index (χ2v) is 12.2. The Hall–Kier alpha value is -1.32. The number of carbonyl (C=O) groups excluding carboxylic acids is 1. The number of rotatable bonds is 4. The Morgan fingerprint density at radius 1 is 1.03 bits per heavy atom. The Morgan fingerprint density at radius 2 is 1.77 bits per heavy atom. The molecule has 0 bridgehead atoms. The topological polar surface area (TPSA) is 134 Å². The molecule has 1 saturated heterocycles. The summed E-state index contributed by atoms with van der Waals surface area (Å²) in [5, 5.41) is 41.0. The molecule has 4 aliphatic carbocycles. The van der Waals surface area contributed by atoms with Crippen molar-refractivity contribution < 1.29 is 39.5 Å². The van der Waals surface area contributed by atoms with Crippen molar-refractivity contribution in [1.82, 2.24) is 0 Å². The van der Waals surface area contributed by atoms with Crippen LogP contribution in [0, 0.1) is 34.5 Å². The number of fused-ring (bicyclic) bond motifs is 5. The van der Waals surface area contributed by atoms with Crippen LogP contribution in [0.15, 0.2) is 11.6 Å². The van der Waals surface area contributed by atoms with Crippen molar-refractivity contribution >= 4 is 11.8 Å². The van der Waals surface area contributed by atoms with Crippen molar-refractivity contribution in [3.05, 3.63) is 11.6 Å². The maximum atomic E-state index is 12.4. The summed E-state index contributed by atoms with van der Waals surface area (Å²) in [6, 6.07) is 0. The fraction of sp³-hybridized carbons (Fsp3) is 0.852. The van der Waals surface area contributed by atoms with Gasteiger partial charge >= 0.3 is 5.97 Å². The smallest absolute Gasteiger partial charge is 0.335 e. The Morgan fingerprint density at radius 3 is 2.46 bits per heavy atom. The van der Waals surface area contributed by atoms with Crippen molar-refractivity contribution in [1.29, 1.82) is 0 Å². The van der Waals surface area contributed by atoms with Gasteiger partial charge in [-0.25, -0.2) is 4.79 Å². The summed E-state index contributed by atoms with van der Waals surface area (Å²) >= 11 is 0. The van der Waals surface area contributed by atoms with E-state index in [4.69, 9.17) is 9.47 Å². The molecule has 0 aromatic heterocycles. The fourth-order valence-corrected chi connectivity index (χ4v) is 8.85. The predicted octanol–water partition coefficient (Wildman–Crippen LogP) is 2.08. The maximum absolute atomic E-state index is 12.4. The number of aliphatic carboxylic acids is 1. The molecular weight excluding hydrogens is 452 g/mol. The molecule has 35 heavy (non-hydrogen) atoms. The molecule has 0 aromatic rings. The van der Waals surface area contributed by atoms with Gasteiger partial charge in [-0.15, -0.1) is 0 Å². The van der Waals surface area contributed by atoms with Crippen LogP contribution in [0.2, 0.25) is 0 Å². The summed E-state index contributed by atoms with van der Waals surface area (Å²) in [7, 11) is 0. The third-order valence-corrected chi connectivity index (χ3v) is 10.7. The fourth-order valence-electron chi connectivity index (χ4n) is 8.85. The summed E-state index contributed by atoms with van der Waals surface area (Å²) in [5.41, 5.74) is 0.980. The molecule has 4 fully saturated rings. The highest BCUT2D eigenvalue weighted by Crippen LogP contribution is 2.66. The quantitative estimate of drug-likeness (QED) is 0.439. The van der Waals surface area contributed by atoms with Crippen LogP contribution in [0.1, 0.15) is 65.7 Å². The van der Waals surface area contributed by atoms with E-state index in [0.29, 0.717) is 30.0 Å². The first-order chi connectivity index (χ1) is 16.5. The van der Waals surface area contributed by atoms with Crippen LogP contribution in [-0.4, -0.2) is 75.4 Å². The van der Waals surface area contributed by atoms with Gasteiger partial charge in [-0.2, -0.15) is 0 Å². The molecule has 4 N–H and O–H groups in total. The summed E-state index contributed by atoms with van der Waals surface area (Å²) in [6.07, 6.45) is 1.90. The first kappa shape index (κ1) is 25.3. The second kappa shape index (κ2) is 8.91. The highest BCUT2D eigenvalue weighted by molar-refractivity contribution is 5.79. The lowest BCUT2D eigenvalue weighted by Gasteiger charge is -2.59. The number of hydrogen-bond acceptors (Lipinski definition) is 7. The number of hydrogen-bond donors (Lipinski definition) is 4. The van der Waals surface area contributed by atoms with Gasteiger partial charge in [-0.3, -0.25) is 4.79 Å². The molecule has 5 aliphatic rings. The number of ketones is 1. The molecule has 1 unspecified atom stereocenters. The predicted molar refractivity (Wildman–Crippen MR) is 125 cm³/mol. The standard InChI is InChI=1S/C27H40O8/c1-13(28)15-6-7-16-14-4-5-18-23(35-20-12-34-24(25(32)33)22(31)21(20)30)19(29)9-11-27(18,3)17(14)8-10-26(15,16)2/h5,14-17,19-24,29-31H,4,6-12H2,1-3H3,(H,32,33)/t14-,15+,16-,17-,19-,20-,21+,22-,23?,24-,26+,27+/m0/s1. The van der Waals surface area contributed by atoms with E-state index in [-0.39, 0.29) is 23.4 Å². The van der Waals surface area contributed by atoms with Gasteiger partial charge in [0.1, 0.15) is 30.2 Å². The summed E-state index contributed by atoms with van der Waals surface area (Å²) in [5.74, 6) is 0.618. The van der Waals surface area contributed by atoms with Crippen molar-refractivity contribution in [2.45, 2.75) is 102 Å². The maximum Gasteiger partial charge on any atom is 0.335 e. The minimum Gasteiger partial charge on any atom is -0.479 e. The molecule has 0 aromatic carbocycles. The first-order valence-electron chi connectivity index (χ1n) is 13.2. The third-order valence-electron chi connectivity index (χ3n) is 10.7. The van der Waals surface area contributed by atoms with Crippen LogP contribution in [0.25, 0.3) is 0 Å². The molecule has 1 heterocycles. The molecule has 3 saturated carbocycles. The number of allylic oxidation sites excluding steroid dienone is 1. The Balaban J connectivity index is 1.38. The molecule has 5 rings (SSSR count). The Kier molecular flexibility index (Phi) is 6.45. The molecular formula is C27H40O8. The zero-order chi connectivity index (χ0) is 25.3. The Labute approximate surface area is 206 Å². The van der Waals surface area contributed by atoms with Gasteiger partial charge in [-0.1, -0.05) is 19.9 Å². The zero-order valence-corrected chi connectivity index (χ0v) is 20.9. The molecule has 8 heteroatoms. The van der Waals surface area contributed by atoms with Gasteiger partial charge in [0.05, 0.1) is 12.7 Å². The Bertz CT molecular complexity index is 902. The molecule has 1 aliphatic heterocycles. The first-order valence-corrected chi connectivity index (χ1v) is 13.2.